The molecule has 3 aliphatic rings. The highest BCUT2D eigenvalue weighted by atomic mass is 16.8. The number of aliphatic hydroxyl groups excluding tert-OH is 11. The van der Waals surface area contributed by atoms with Crippen LogP contribution in [0.3, 0.4) is 0 Å². The molecule has 3 saturated heterocycles. The Morgan fingerprint density at radius 3 is 1.04 bits per heavy atom. The molecule has 3 fully saturated rings. The number of carbonyl (C=O) groups is 1. The lowest BCUT2D eigenvalue weighted by molar-refractivity contribution is -0.379. The van der Waals surface area contributed by atoms with E-state index < -0.39 is 124 Å². The molecule has 0 aromatic heterocycles. The van der Waals surface area contributed by atoms with Gasteiger partial charge < -0.3 is 89.9 Å². The molecule has 0 aromatic carbocycles. The number of aliphatic hydroxyl groups is 11. The van der Waals surface area contributed by atoms with Crippen molar-refractivity contribution in [3.8, 4) is 0 Å². The lowest BCUT2D eigenvalue weighted by atomic mass is 9.96. The van der Waals surface area contributed by atoms with E-state index in [9.17, 15) is 61.0 Å². The fourth-order valence-corrected chi connectivity index (χ4v) is 13.8. The van der Waals surface area contributed by atoms with Gasteiger partial charge in [-0.15, -0.1) is 0 Å². The maximum absolute atomic E-state index is 13.5. The Balaban J connectivity index is 1.37. The molecule has 0 bridgehead atoms. The van der Waals surface area contributed by atoms with Crippen molar-refractivity contribution in [3.05, 3.63) is 85.1 Å². The largest absolute Gasteiger partial charge is 0.394 e. The first-order valence-corrected chi connectivity index (χ1v) is 41.8. The van der Waals surface area contributed by atoms with Gasteiger partial charge in [-0.2, -0.15) is 0 Å². The van der Waals surface area contributed by atoms with Gasteiger partial charge in [-0.25, -0.2) is 0 Å². The maximum atomic E-state index is 13.5. The third-order valence-electron chi connectivity index (χ3n) is 20.4. The molecule has 0 radical (unpaired) electrons. The van der Waals surface area contributed by atoms with Crippen LogP contribution < -0.4 is 5.32 Å². The molecule has 0 aliphatic carbocycles. The molecule has 17 atom stereocenters. The van der Waals surface area contributed by atoms with Crippen LogP contribution in [0, 0.1) is 0 Å². The number of ether oxygens (including phenoxy) is 6. The number of carbonyl (C=O) groups excluding carboxylic acids is 1. The Morgan fingerprint density at radius 2 is 0.663 bits per heavy atom. The molecule has 1 amide bonds. The van der Waals surface area contributed by atoms with Crippen LogP contribution in [0.4, 0.5) is 0 Å². The molecule has 3 heterocycles. The molecule has 3 rings (SSSR count). The van der Waals surface area contributed by atoms with Crippen LogP contribution in [0.25, 0.3) is 0 Å². The van der Waals surface area contributed by atoms with Crippen molar-refractivity contribution < 1.29 is 89.4 Å². The summed E-state index contributed by atoms with van der Waals surface area (Å²) in [5.74, 6) is -0.280. The van der Waals surface area contributed by atoms with Crippen molar-refractivity contribution in [3.63, 3.8) is 0 Å². The second-order valence-electron chi connectivity index (χ2n) is 29.6. The number of nitrogens with one attached hydrogen (secondary N) is 1. The molecular weight excluding hydrogens is 1320 g/mol. The van der Waals surface area contributed by atoms with Crippen molar-refractivity contribution >= 4 is 5.91 Å². The van der Waals surface area contributed by atoms with Crippen molar-refractivity contribution in [1.29, 1.82) is 0 Å². The number of unbranched alkanes of at least 4 members (excludes halogenated alkanes) is 38. The van der Waals surface area contributed by atoms with Crippen molar-refractivity contribution in [2.45, 2.75) is 420 Å². The van der Waals surface area contributed by atoms with Gasteiger partial charge in [0.2, 0.25) is 5.91 Å². The van der Waals surface area contributed by atoms with Gasteiger partial charge >= 0.3 is 0 Å². The molecule has 17 unspecified atom stereocenters. The zero-order valence-corrected chi connectivity index (χ0v) is 64.7. The third kappa shape index (κ3) is 44.0. The first kappa shape index (κ1) is 95.2. The lowest BCUT2D eigenvalue weighted by Gasteiger charge is -2.48. The molecule has 104 heavy (non-hydrogen) atoms. The average Bonchev–Trinajstić information content (AvgIpc) is 0.781. The van der Waals surface area contributed by atoms with Gasteiger partial charge in [0, 0.05) is 6.42 Å². The van der Waals surface area contributed by atoms with Crippen molar-refractivity contribution in [1.82, 2.24) is 5.32 Å². The number of rotatable bonds is 66. The van der Waals surface area contributed by atoms with Crippen molar-refractivity contribution in [2.24, 2.45) is 0 Å². The first-order chi connectivity index (χ1) is 50.8. The van der Waals surface area contributed by atoms with Gasteiger partial charge in [0.15, 0.2) is 18.9 Å². The zero-order valence-electron chi connectivity index (χ0n) is 64.7. The highest BCUT2D eigenvalue weighted by Crippen LogP contribution is 2.33. The molecule has 0 spiro atoms. The molecular formula is C85H151NO18. The predicted octanol–water partition coefficient (Wildman–Crippen LogP) is 14.6. The summed E-state index contributed by atoms with van der Waals surface area (Å²) in [6.07, 6.45) is 59.9. The van der Waals surface area contributed by atoms with Crippen LogP contribution in [0.15, 0.2) is 85.1 Å². The Morgan fingerprint density at radius 1 is 0.356 bits per heavy atom. The lowest BCUT2D eigenvalue weighted by Crippen LogP contribution is -2.66. The summed E-state index contributed by atoms with van der Waals surface area (Å²) in [5, 5.41) is 121. The summed E-state index contributed by atoms with van der Waals surface area (Å²) in [5.41, 5.74) is 0. The van der Waals surface area contributed by atoms with Gasteiger partial charge in [-0.05, 0) is 70.6 Å². The highest BCUT2D eigenvalue weighted by molar-refractivity contribution is 5.76. The predicted molar refractivity (Wildman–Crippen MR) is 415 cm³/mol. The maximum Gasteiger partial charge on any atom is 0.220 e. The smallest absolute Gasteiger partial charge is 0.220 e. The molecule has 0 aromatic rings. The van der Waals surface area contributed by atoms with Crippen LogP contribution in [0.5, 0.6) is 0 Å². The minimum absolute atomic E-state index is 0.234. The third-order valence-corrected chi connectivity index (χ3v) is 20.4. The minimum atomic E-state index is -1.98. The fraction of sp³-hybridized carbons (Fsp3) is 0.824. The number of allylic oxidation sites excluding steroid dienone is 13. The van der Waals surface area contributed by atoms with Gasteiger partial charge in [0.1, 0.15) is 73.2 Å². The summed E-state index contributed by atoms with van der Waals surface area (Å²) >= 11 is 0. The summed E-state index contributed by atoms with van der Waals surface area (Å²) in [4.78, 5) is 13.5. The first-order valence-electron chi connectivity index (χ1n) is 41.8. The molecule has 604 valence electrons. The number of hydrogen-bond acceptors (Lipinski definition) is 18. The van der Waals surface area contributed by atoms with E-state index in [1.165, 1.54) is 193 Å². The highest BCUT2D eigenvalue weighted by Gasteiger charge is 2.54. The topological polar surface area (TPSA) is 307 Å². The normalized spacial score (nSPS) is 26.3. The minimum Gasteiger partial charge on any atom is -0.394 e. The molecule has 12 N–H and O–H groups in total. The number of hydrogen-bond donors (Lipinski definition) is 12. The molecule has 3 aliphatic heterocycles. The Hall–Kier alpha value is -3.03. The van der Waals surface area contributed by atoms with E-state index in [4.69, 9.17) is 28.4 Å². The Kier molecular flexibility index (Phi) is 59.3. The Bertz CT molecular complexity index is 2210. The van der Waals surface area contributed by atoms with Gasteiger partial charge in [0.05, 0.1) is 38.6 Å². The SMILES string of the molecule is CC/C=C\C/C=C\C/C=C\C/C=C\C/C=C\C/C=C\CCCCCCCCCCCCC(=O)NC(COC1OC(CO)C(OC2OC(CO)C(OC3OC(CO)C(O)C(O)C3O)C(O)C2O)C(O)C1O)C(O)/C=C/CCCCCCCCCCCCCCCCCCCCCCCCCCCCCC. The Labute approximate surface area is 629 Å². The summed E-state index contributed by atoms with van der Waals surface area (Å²) < 4.78 is 34.5. The molecule has 19 heteroatoms. The van der Waals surface area contributed by atoms with Crippen LogP contribution in [-0.4, -0.2) is 193 Å². The van der Waals surface area contributed by atoms with Crippen LogP contribution in [-0.2, 0) is 33.2 Å². The second kappa shape index (κ2) is 64.8. The number of amides is 1. The fourth-order valence-electron chi connectivity index (χ4n) is 13.8. The van der Waals surface area contributed by atoms with E-state index in [0.717, 1.165) is 96.3 Å². The van der Waals surface area contributed by atoms with E-state index in [1.54, 1.807) is 6.08 Å². The zero-order chi connectivity index (χ0) is 75.3. The van der Waals surface area contributed by atoms with Crippen molar-refractivity contribution in [2.75, 3.05) is 26.4 Å². The summed E-state index contributed by atoms with van der Waals surface area (Å²) in [6.45, 7) is 1.65. The summed E-state index contributed by atoms with van der Waals surface area (Å²) in [7, 11) is 0. The van der Waals surface area contributed by atoms with Crippen LogP contribution in [0.2, 0.25) is 0 Å². The van der Waals surface area contributed by atoms with E-state index in [2.05, 4.69) is 92.1 Å². The second-order valence-corrected chi connectivity index (χ2v) is 29.6. The molecule has 0 saturated carbocycles. The van der Waals surface area contributed by atoms with Gasteiger partial charge in [-0.3, -0.25) is 4.79 Å². The quantitative estimate of drug-likeness (QED) is 0.0199. The standard InChI is InChI=1S/C85H151NO18/c1-3-5-7-9-11-13-15-17-19-21-23-25-27-29-31-33-35-36-38-40-42-44-46-48-50-52-54-56-58-60-62-69(90)68(86-73(91)63-61-59-57-55-53-51-49-47-45-43-41-39-37-34-32-30-28-26-24-22-20-18-16-14-12-10-8-6-4-2)67-99-83-79(97)76(94)81(71(65-88)101-83)104-85-80(98)77(95)82(72(66-89)102-85)103-84-78(96)75(93)74(92)70(64-87)100-84/h6,8,12,14,18,20,24,26,30,32,37,39,60,62,68-72,74-85,87-90,92-98H,3-5,7,9-11,13,15-17,19,21-23,25,27-29,31,33-36,38,40-59,61,63-67H2,1-2H3,(H,86,91)/b8-6-,14-12-,20-18-,26-24-,32-30-,39-37-,62-60+. The summed E-state index contributed by atoms with van der Waals surface area (Å²) in [6, 6.07) is -0.983. The monoisotopic (exact) mass is 1470 g/mol. The van der Waals surface area contributed by atoms with E-state index in [0.29, 0.717) is 6.42 Å². The van der Waals surface area contributed by atoms with E-state index in [-0.39, 0.29) is 18.9 Å². The van der Waals surface area contributed by atoms with Gasteiger partial charge in [0.25, 0.3) is 0 Å². The average molecular weight is 1480 g/mol. The van der Waals surface area contributed by atoms with E-state index >= 15 is 0 Å². The van der Waals surface area contributed by atoms with Gasteiger partial charge in [-0.1, -0.05) is 324 Å². The molecule has 19 nitrogen and oxygen atoms in total. The van der Waals surface area contributed by atoms with Crippen LogP contribution in [0.1, 0.15) is 316 Å². The van der Waals surface area contributed by atoms with Crippen LogP contribution >= 0.6 is 0 Å². The van der Waals surface area contributed by atoms with E-state index in [1.807, 2.05) is 6.08 Å².